The molecule has 27 heavy (non-hydrogen) atoms. The summed E-state index contributed by atoms with van der Waals surface area (Å²) in [6.07, 6.45) is 5.42. The zero-order valence-corrected chi connectivity index (χ0v) is 16.5. The topological polar surface area (TPSA) is 102 Å². The number of hydrogen-bond donors (Lipinski definition) is 2. The Kier molecular flexibility index (Phi) is 7.70. The van der Waals surface area contributed by atoms with Crippen molar-refractivity contribution in [3.63, 3.8) is 0 Å². The number of nitrogens with one attached hydrogen (secondary N) is 1. The average molecular weight is 370 g/mol. The lowest BCUT2D eigenvalue weighted by molar-refractivity contribution is -0.122. The number of aromatic nitrogens is 3. The maximum absolute atomic E-state index is 12.5. The third-order valence-electron chi connectivity index (χ3n) is 5.03. The van der Waals surface area contributed by atoms with Gasteiger partial charge in [0.2, 0.25) is 5.91 Å². The SMILES string of the molecule is CCCCCCC(C(N)=O)C(C)c1nnc(Cc2ccc(C)cc2)[nH]c1=O. The van der Waals surface area contributed by atoms with Crippen molar-refractivity contribution in [1.82, 2.24) is 15.2 Å². The summed E-state index contributed by atoms with van der Waals surface area (Å²) in [5, 5.41) is 8.31. The van der Waals surface area contributed by atoms with Crippen LogP contribution in [0.1, 0.15) is 74.5 Å². The van der Waals surface area contributed by atoms with Gasteiger partial charge in [0.05, 0.1) is 0 Å². The fourth-order valence-electron chi connectivity index (χ4n) is 3.28. The van der Waals surface area contributed by atoms with E-state index >= 15 is 0 Å². The van der Waals surface area contributed by atoms with Crippen LogP contribution < -0.4 is 11.3 Å². The van der Waals surface area contributed by atoms with Gasteiger partial charge in [0.1, 0.15) is 11.5 Å². The Balaban J connectivity index is 2.10. The van der Waals surface area contributed by atoms with E-state index in [1.165, 1.54) is 5.56 Å². The van der Waals surface area contributed by atoms with Crippen molar-refractivity contribution in [2.45, 2.75) is 65.2 Å². The molecular formula is C21H30N4O2. The van der Waals surface area contributed by atoms with E-state index in [0.29, 0.717) is 18.7 Å². The molecule has 2 atom stereocenters. The second-order valence-corrected chi connectivity index (χ2v) is 7.30. The molecule has 0 saturated carbocycles. The largest absolute Gasteiger partial charge is 0.369 e. The van der Waals surface area contributed by atoms with Crippen molar-refractivity contribution in [2.24, 2.45) is 11.7 Å². The molecule has 1 aromatic carbocycles. The molecule has 6 heteroatoms. The number of unbranched alkanes of at least 4 members (excludes halogenated alkanes) is 3. The average Bonchev–Trinajstić information content (AvgIpc) is 2.63. The highest BCUT2D eigenvalue weighted by atomic mass is 16.1. The fraction of sp³-hybridized carbons (Fsp3) is 0.524. The van der Waals surface area contributed by atoms with Crippen LogP contribution in [-0.2, 0) is 11.2 Å². The predicted molar refractivity (Wildman–Crippen MR) is 106 cm³/mol. The summed E-state index contributed by atoms with van der Waals surface area (Å²) in [6, 6.07) is 8.05. The van der Waals surface area contributed by atoms with Gasteiger partial charge >= 0.3 is 0 Å². The van der Waals surface area contributed by atoms with E-state index < -0.39 is 5.92 Å². The summed E-state index contributed by atoms with van der Waals surface area (Å²) in [4.78, 5) is 27.2. The third-order valence-corrected chi connectivity index (χ3v) is 5.03. The molecule has 0 aliphatic rings. The maximum atomic E-state index is 12.5. The summed E-state index contributed by atoms with van der Waals surface area (Å²) >= 11 is 0. The van der Waals surface area contributed by atoms with Gasteiger partial charge in [-0.2, -0.15) is 0 Å². The number of aromatic amines is 1. The molecule has 2 rings (SSSR count). The van der Waals surface area contributed by atoms with Gasteiger partial charge in [-0.1, -0.05) is 69.4 Å². The van der Waals surface area contributed by atoms with Crippen LogP contribution in [0.5, 0.6) is 0 Å². The first-order valence-electron chi connectivity index (χ1n) is 9.73. The highest BCUT2D eigenvalue weighted by Crippen LogP contribution is 2.25. The minimum Gasteiger partial charge on any atom is -0.369 e. The Morgan fingerprint density at radius 1 is 1.15 bits per heavy atom. The minimum atomic E-state index is -0.403. The predicted octanol–water partition coefficient (Wildman–Crippen LogP) is 3.24. The van der Waals surface area contributed by atoms with Gasteiger partial charge in [-0.15, -0.1) is 10.2 Å². The first kappa shape index (κ1) is 20.8. The van der Waals surface area contributed by atoms with Crippen LogP contribution in [0.3, 0.4) is 0 Å². The number of hydrogen-bond acceptors (Lipinski definition) is 4. The molecule has 0 radical (unpaired) electrons. The van der Waals surface area contributed by atoms with Gasteiger partial charge in [-0.05, 0) is 18.9 Å². The summed E-state index contributed by atoms with van der Waals surface area (Å²) in [5.41, 5.74) is 7.80. The zero-order chi connectivity index (χ0) is 19.8. The second-order valence-electron chi connectivity index (χ2n) is 7.30. The van der Waals surface area contributed by atoms with Crippen molar-refractivity contribution in [2.75, 3.05) is 0 Å². The lowest BCUT2D eigenvalue weighted by atomic mass is 9.86. The number of benzene rings is 1. The molecule has 1 heterocycles. The molecule has 0 saturated heterocycles. The van der Waals surface area contributed by atoms with Crippen LogP contribution in [-0.4, -0.2) is 21.1 Å². The van der Waals surface area contributed by atoms with E-state index in [4.69, 9.17) is 5.73 Å². The van der Waals surface area contributed by atoms with Crippen LogP contribution in [0.25, 0.3) is 0 Å². The molecule has 0 spiro atoms. The normalized spacial score (nSPS) is 13.3. The number of primary amides is 1. The number of carbonyl (C=O) groups excluding carboxylic acids is 1. The smallest absolute Gasteiger partial charge is 0.273 e. The Morgan fingerprint density at radius 3 is 2.44 bits per heavy atom. The van der Waals surface area contributed by atoms with Gasteiger partial charge in [0.15, 0.2) is 0 Å². The number of nitrogens with two attached hydrogens (primary N) is 1. The summed E-state index contributed by atoms with van der Waals surface area (Å²) in [7, 11) is 0. The van der Waals surface area contributed by atoms with Gasteiger partial charge in [0.25, 0.3) is 5.56 Å². The maximum Gasteiger partial charge on any atom is 0.273 e. The van der Waals surface area contributed by atoms with Crippen molar-refractivity contribution in [1.29, 1.82) is 0 Å². The van der Waals surface area contributed by atoms with Crippen LogP contribution in [0.2, 0.25) is 0 Å². The van der Waals surface area contributed by atoms with Gasteiger partial charge in [-0.3, -0.25) is 9.59 Å². The number of rotatable bonds is 10. The summed E-state index contributed by atoms with van der Waals surface area (Å²) in [6.45, 7) is 5.99. The van der Waals surface area contributed by atoms with Crippen LogP contribution in [0, 0.1) is 12.8 Å². The molecule has 2 aromatic rings. The molecule has 6 nitrogen and oxygen atoms in total. The van der Waals surface area contributed by atoms with Crippen molar-refractivity contribution in [3.05, 3.63) is 57.3 Å². The molecule has 0 bridgehead atoms. The van der Waals surface area contributed by atoms with E-state index in [9.17, 15) is 9.59 Å². The number of carbonyl (C=O) groups is 1. The first-order chi connectivity index (χ1) is 12.9. The second kappa shape index (κ2) is 10.00. The van der Waals surface area contributed by atoms with E-state index in [1.807, 2.05) is 38.1 Å². The van der Waals surface area contributed by atoms with Gasteiger partial charge in [0, 0.05) is 18.3 Å². The Morgan fingerprint density at radius 2 is 1.85 bits per heavy atom. The van der Waals surface area contributed by atoms with E-state index in [-0.39, 0.29) is 23.1 Å². The van der Waals surface area contributed by atoms with Crippen LogP contribution >= 0.6 is 0 Å². The molecule has 1 amide bonds. The quantitative estimate of drug-likeness (QED) is 0.627. The zero-order valence-electron chi connectivity index (χ0n) is 16.5. The summed E-state index contributed by atoms with van der Waals surface area (Å²) in [5.74, 6) is -0.628. The first-order valence-corrected chi connectivity index (χ1v) is 9.73. The number of aryl methyl sites for hydroxylation is 1. The van der Waals surface area contributed by atoms with E-state index in [1.54, 1.807) is 0 Å². The molecule has 3 N–H and O–H groups in total. The molecule has 2 unspecified atom stereocenters. The van der Waals surface area contributed by atoms with Crippen molar-refractivity contribution in [3.8, 4) is 0 Å². The lowest BCUT2D eigenvalue weighted by Gasteiger charge is -2.19. The highest BCUT2D eigenvalue weighted by Gasteiger charge is 2.27. The Bertz CT molecular complexity index is 799. The third kappa shape index (κ3) is 6.01. The highest BCUT2D eigenvalue weighted by molar-refractivity contribution is 5.77. The molecule has 0 aliphatic carbocycles. The van der Waals surface area contributed by atoms with Crippen LogP contribution in [0.15, 0.2) is 29.1 Å². The van der Waals surface area contributed by atoms with Gasteiger partial charge < -0.3 is 10.7 Å². The molecule has 0 aliphatic heterocycles. The number of amides is 1. The molecular weight excluding hydrogens is 340 g/mol. The van der Waals surface area contributed by atoms with E-state index in [2.05, 4.69) is 22.1 Å². The summed E-state index contributed by atoms with van der Waals surface area (Å²) < 4.78 is 0. The standard InChI is InChI=1S/C21H30N4O2/c1-4-5-6-7-8-17(20(22)26)15(3)19-21(27)23-18(24-25-19)13-16-11-9-14(2)10-12-16/h9-12,15,17H,4-8,13H2,1-3H3,(H2,22,26)(H,23,24,27). The minimum absolute atomic E-state index is 0.280. The van der Waals surface area contributed by atoms with Crippen molar-refractivity contribution < 1.29 is 4.79 Å². The van der Waals surface area contributed by atoms with Gasteiger partial charge in [-0.25, -0.2) is 0 Å². The molecule has 1 aromatic heterocycles. The monoisotopic (exact) mass is 370 g/mol. The number of nitrogens with zero attached hydrogens (tertiary/aromatic N) is 2. The fourth-order valence-corrected chi connectivity index (χ4v) is 3.28. The van der Waals surface area contributed by atoms with E-state index in [0.717, 1.165) is 31.2 Å². The Labute approximate surface area is 160 Å². The van der Waals surface area contributed by atoms with Crippen LogP contribution in [0.4, 0.5) is 0 Å². The lowest BCUT2D eigenvalue weighted by Crippen LogP contribution is -2.32. The van der Waals surface area contributed by atoms with Crippen molar-refractivity contribution >= 4 is 5.91 Å². The Hall–Kier alpha value is -2.50. The molecule has 0 fully saturated rings. The molecule has 146 valence electrons. The number of H-pyrrole nitrogens is 1.